The molecule has 5 nitrogen and oxygen atoms in total. The molecular weight excluding hydrogens is 268 g/mol. The van der Waals surface area contributed by atoms with Gasteiger partial charge in [0.05, 0.1) is 6.42 Å². The number of hydrogen-bond acceptors (Lipinski definition) is 2. The van der Waals surface area contributed by atoms with Crippen molar-refractivity contribution in [3.63, 3.8) is 0 Å². The first-order valence-corrected chi connectivity index (χ1v) is 7.93. The third-order valence-electron chi connectivity index (χ3n) is 4.33. The standard InChI is InChI=1S/C16H30N2O3/c1-16(2,3)13(10-14(19)20)17-15(21)18(4)11-12-8-6-5-7-9-12/h12-13H,5-11H2,1-4H3,(H,17,21)(H,19,20). The van der Waals surface area contributed by atoms with E-state index in [1.54, 1.807) is 11.9 Å². The number of aliphatic carboxylic acids is 1. The Balaban J connectivity index is 2.53. The van der Waals surface area contributed by atoms with Crippen molar-refractivity contribution in [1.29, 1.82) is 0 Å². The number of nitrogens with one attached hydrogen (secondary N) is 1. The second kappa shape index (κ2) is 7.66. The summed E-state index contributed by atoms with van der Waals surface area (Å²) in [5, 5.41) is 11.9. The molecule has 2 amide bonds. The minimum Gasteiger partial charge on any atom is -0.481 e. The number of nitrogens with zero attached hydrogens (tertiary/aromatic N) is 1. The molecule has 0 radical (unpaired) electrons. The van der Waals surface area contributed by atoms with Crippen molar-refractivity contribution in [2.45, 2.75) is 65.3 Å². The highest BCUT2D eigenvalue weighted by atomic mass is 16.4. The van der Waals surface area contributed by atoms with E-state index < -0.39 is 5.97 Å². The number of carboxylic acids is 1. The maximum Gasteiger partial charge on any atom is 0.317 e. The Morgan fingerprint density at radius 2 is 1.81 bits per heavy atom. The van der Waals surface area contributed by atoms with Gasteiger partial charge in [-0.1, -0.05) is 40.0 Å². The van der Waals surface area contributed by atoms with Gasteiger partial charge >= 0.3 is 12.0 Å². The van der Waals surface area contributed by atoms with Gasteiger partial charge in [0.25, 0.3) is 0 Å². The van der Waals surface area contributed by atoms with Gasteiger partial charge in [0, 0.05) is 19.6 Å². The van der Waals surface area contributed by atoms with Crippen LogP contribution in [-0.4, -0.2) is 41.6 Å². The molecule has 1 fully saturated rings. The highest BCUT2D eigenvalue weighted by Gasteiger charge is 2.29. The van der Waals surface area contributed by atoms with Gasteiger partial charge in [-0.25, -0.2) is 4.79 Å². The minimum atomic E-state index is -0.884. The lowest BCUT2D eigenvalue weighted by molar-refractivity contribution is -0.138. The summed E-state index contributed by atoms with van der Waals surface area (Å²) in [6.45, 7) is 6.60. The summed E-state index contributed by atoms with van der Waals surface area (Å²) >= 11 is 0. The monoisotopic (exact) mass is 298 g/mol. The van der Waals surface area contributed by atoms with Crippen LogP contribution in [0.2, 0.25) is 0 Å². The first-order valence-electron chi connectivity index (χ1n) is 7.93. The zero-order valence-corrected chi connectivity index (χ0v) is 13.8. The Morgan fingerprint density at radius 1 is 1.24 bits per heavy atom. The molecule has 0 aliphatic heterocycles. The molecule has 0 spiro atoms. The summed E-state index contributed by atoms with van der Waals surface area (Å²) in [5.74, 6) is -0.299. The molecule has 0 aromatic heterocycles. The summed E-state index contributed by atoms with van der Waals surface area (Å²) in [7, 11) is 1.80. The van der Waals surface area contributed by atoms with Crippen LogP contribution in [0.5, 0.6) is 0 Å². The van der Waals surface area contributed by atoms with Crippen LogP contribution in [0.4, 0.5) is 4.79 Å². The van der Waals surface area contributed by atoms with E-state index in [4.69, 9.17) is 5.11 Å². The van der Waals surface area contributed by atoms with Gasteiger partial charge in [-0.15, -0.1) is 0 Å². The summed E-state index contributed by atoms with van der Waals surface area (Å²) in [6, 6.07) is -0.530. The molecule has 1 atom stereocenters. The largest absolute Gasteiger partial charge is 0.481 e. The zero-order chi connectivity index (χ0) is 16.0. The highest BCUT2D eigenvalue weighted by molar-refractivity contribution is 5.75. The third kappa shape index (κ3) is 6.36. The van der Waals surface area contributed by atoms with Gasteiger partial charge in [-0.3, -0.25) is 4.79 Å². The van der Waals surface area contributed by atoms with Crippen molar-refractivity contribution < 1.29 is 14.7 Å². The van der Waals surface area contributed by atoms with E-state index in [1.165, 1.54) is 32.1 Å². The molecule has 1 saturated carbocycles. The molecule has 1 aliphatic rings. The first-order chi connectivity index (χ1) is 9.70. The molecule has 21 heavy (non-hydrogen) atoms. The Kier molecular flexibility index (Phi) is 6.49. The van der Waals surface area contributed by atoms with Gasteiger partial charge in [0.1, 0.15) is 0 Å². The average Bonchev–Trinajstić information content (AvgIpc) is 2.37. The molecule has 0 bridgehead atoms. The third-order valence-corrected chi connectivity index (χ3v) is 4.33. The van der Waals surface area contributed by atoms with Crippen molar-refractivity contribution >= 4 is 12.0 Å². The highest BCUT2D eigenvalue weighted by Crippen LogP contribution is 2.25. The van der Waals surface area contributed by atoms with E-state index in [-0.39, 0.29) is 23.9 Å². The van der Waals surface area contributed by atoms with Crippen LogP contribution in [0, 0.1) is 11.3 Å². The molecule has 0 aromatic rings. The number of carbonyl (C=O) groups excluding carboxylic acids is 1. The maximum absolute atomic E-state index is 12.3. The lowest BCUT2D eigenvalue weighted by Crippen LogP contribution is -2.50. The molecular formula is C16H30N2O3. The van der Waals surface area contributed by atoms with Crippen LogP contribution >= 0.6 is 0 Å². The summed E-state index contributed by atoms with van der Waals surface area (Å²) < 4.78 is 0. The second-order valence-corrected chi connectivity index (χ2v) is 7.35. The summed E-state index contributed by atoms with van der Waals surface area (Å²) in [4.78, 5) is 24.9. The second-order valence-electron chi connectivity index (χ2n) is 7.35. The number of amides is 2. The smallest absolute Gasteiger partial charge is 0.317 e. The van der Waals surface area contributed by atoms with E-state index in [0.717, 1.165) is 6.54 Å². The van der Waals surface area contributed by atoms with Crippen molar-refractivity contribution in [3.05, 3.63) is 0 Å². The van der Waals surface area contributed by atoms with E-state index >= 15 is 0 Å². The number of hydrogen-bond donors (Lipinski definition) is 2. The Labute approximate surface area is 128 Å². The van der Waals surface area contributed by atoms with Gasteiger partial charge in [0.15, 0.2) is 0 Å². The van der Waals surface area contributed by atoms with Crippen LogP contribution in [0.15, 0.2) is 0 Å². The van der Waals surface area contributed by atoms with Crippen molar-refractivity contribution in [1.82, 2.24) is 10.2 Å². The van der Waals surface area contributed by atoms with Gasteiger partial charge < -0.3 is 15.3 Å². The van der Waals surface area contributed by atoms with E-state index in [2.05, 4.69) is 5.32 Å². The van der Waals surface area contributed by atoms with Gasteiger partial charge in [-0.05, 0) is 24.2 Å². The number of carboxylic acid groups (broad SMARTS) is 1. The molecule has 0 saturated heterocycles. The molecule has 122 valence electrons. The number of rotatable bonds is 5. The zero-order valence-electron chi connectivity index (χ0n) is 13.8. The SMILES string of the molecule is CN(CC1CCCCC1)C(=O)NC(CC(=O)O)C(C)(C)C. The molecule has 2 N–H and O–H groups in total. The first kappa shape index (κ1) is 17.8. The lowest BCUT2D eigenvalue weighted by Gasteiger charge is -2.33. The van der Waals surface area contributed by atoms with Crippen molar-refractivity contribution in [3.8, 4) is 0 Å². The molecule has 5 heteroatoms. The van der Waals surface area contributed by atoms with E-state index in [0.29, 0.717) is 5.92 Å². The number of carbonyl (C=O) groups is 2. The normalized spacial score (nSPS) is 18.1. The predicted octanol–water partition coefficient (Wildman–Crippen LogP) is 3.10. The topological polar surface area (TPSA) is 69.6 Å². The van der Waals surface area contributed by atoms with Crippen LogP contribution in [0.3, 0.4) is 0 Å². The molecule has 1 unspecified atom stereocenters. The van der Waals surface area contributed by atoms with Crippen molar-refractivity contribution in [2.75, 3.05) is 13.6 Å². The predicted molar refractivity (Wildman–Crippen MR) is 83.2 cm³/mol. The van der Waals surface area contributed by atoms with Crippen LogP contribution in [0.25, 0.3) is 0 Å². The fourth-order valence-electron chi connectivity index (χ4n) is 2.85. The molecule has 0 aromatic carbocycles. The molecule has 1 rings (SSSR count). The maximum atomic E-state index is 12.3. The summed E-state index contributed by atoms with van der Waals surface area (Å²) in [6.07, 6.45) is 6.14. The Bertz CT molecular complexity index is 357. The lowest BCUT2D eigenvalue weighted by atomic mass is 9.85. The van der Waals surface area contributed by atoms with Gasteiger partial charge in [0.2, 0.25) is 0 Å². The van der Waals surface area contributed by atoms with Crippen molar-refractivity contribution in [2.24, 2.45) is 11.3 Å². The van der Waals surface area contributed by atoms with Crippen LogP contribution in [-0.2, 0) is 4.79 Å². The number of urea groups is 1. The van der Waals surface area contributed by atoms with Crippen LogP contribution in [0.1, 0.15) is 59.3 Å². The van der Waals surface area contributed by atoms with Crippen LogP contribution < -0.4 is 5.32 Å². The van der Waals surface area contributed by atoms with Gasteiger partial charge in [-0.2, -0.15) is 0 Å². The molecule has 0 heterocycles. The summed E-state index contributed by atoms with van der Waals surface area (Å²) in [5.41, 5.74) is -0.278. The Hall–Kier alpha value is -1.26. The fourth-order valence-corrected chi connectivity index (χ4v) is 2.85. The Morgan fingerprint density at radius 3 is 2.29 bits per heavy atom. The van der Waals surface area contributed by atoms with E-state index in [9.17, 15) is 9.59 Å². The average molecular weight is 298 g/mol. The van der Waals surface area contributed by atoms with E-state index in [1.807, 2.05) is 20.8 Å². The fraction of sp³-hybridized carbons (Fsp3) is 0.875. The minimum absolute atomic E-state index is 0.0491. The quantitative estimate of drug-likeness (QED) is 0.819. The molecule has 1 aliphatic carbocycles.